The Labute approximate surface area is 172 Å². The molecule has 4 nitrogen and oxygen atoms in total. The third kappa shape index (κ3) is 4.27. The molecule has 2 saturated heterocycles. The van der Waals surface area contributed by atoms with Crippen LogP contribution in [0.4, 0.5) is 11.4 Å². The van der Waals surface area contributed by atoms with E-state index in [1.54, 1.807) is 24.3 Å². The van der Waals surface area contributed by atoms with Crippen LogP contribution in [-0.4, -0.2) is 50.1 Å². The van der Waals surface area contributed by atoms with Gasteiger partial charge >= 0.3 is 0 Å². The summed E-state index contributed by atoms with van der Waals surface area (Å²) in [6, 6.07) is 16.1. The molecule has 0 aromatic heterocycles. The van der Waals surface area contributed by atoms with Crippen LogP contribution in [0.5, 0.6) is 0 Å². The van der Waals surface area contributed by atoms with Crippen molar-refractivity contribution < 1.29 is 4.79 Å². The lowest BCUT2D eigenvalue weighted by molar-refractivity contribution is 0.0747. The van der Waals surface area contributed by atoms with Gasteiger partial charge in [0.05, 0.1) is 0 Å². The number of amides is 1. The van der Waals surface area contributed by atoms with Crippen molar-refractivity contribution in [3.8, 4) is 0 Å². The number of carbonyl (C=O) groups excluding carboxylic acids is 1. The molecular formula is C23H28ClN3O. The molecule has 1 amide bonds. The van der Waals surface area contributed by atoms with Gasteiger partial charge in [-0.1, -0.05) is 18.5 Å². The number of anilines is 2. The number of carbonyl (C=O) groups is 1. The largest absolute Gasteiger partial charge is 0.372 e. The maximum atomic E-state index is 12.7. The standard InChI is InChI=1S/C23H28ClN3O/c1-18-10-12-25(13-11-18)21-6-8-22(9-7-21)26-14-16-27(17-15-26)23(28)19-2-4-20(24)5-3-19/h2-9,18H,10-17H2,1H3. The van der Waals surface area contributed by atoms with Crippen LogP contribution in [0.25, 0.3) is 0 Å². The normalized spacial score (nSPS) is 18.4. The number of piperazine rings is 1. The van der Waals surface area contributed by atoms with Crippen molar-refractivity contribution in [2.45, 2.75) is 19.8 Å². The smallest absolute Gasteiger partial charge is 0.253 e. The van der Waals surface area contributed by atoms with E-state index in [1.165, 1.54) is 24.2 Å². The van der Waals surface area contributed by atoms with Crippen LogP contribution < -0.4 is 9.80 Å². The summed E-state index contributed by atoms with van der Waals surface area (Å²) in [6.45, 7) is 7.87. The van der Waals surface area contributed by atoms with Gasteiger partial charge < -0.3 is 14.7 Å². The summed E-state index contributed by atoms with van der Waals surface area (Å²) in [6.07, 6.45) is 2.57. The number of benzene rings is 2. The van der Waals surface area contributed by atoms with E-state index in [9.17, 15) is 4.79 Å². The van der Waals surface area contributed by atoms with Crippen LogP contribution in [0.1, 0.15) is 30.1 Å². The Kier molecular flexibility index (Phi) is 5.77. The van der Waals surface area contributed by atoms with Gasteiger partial charge in [-0.25, -0.2) is 0 Å². The first-order valence-corrected chi connectivity index (χ1v) is 10.6. The molecule has 0 aliphatic carbocycles. The Morgan fingerprint density at radius 1 is 0.786 bits per heavy atom. The average molecular weight is 398 g/mol. The molecule has 2 heterocycles. The van der Waals surface area contributed by atoms with Gasteiger partial charge in [-0.2, -0.15) is 0 Å². The van der Waals surface area contributed by atoms with Crippen molar-refractivity contribution in [3.63, 3.8) is 0 Å². The van der Waals surface area contributed by atoms with Crippen LogP contribution in [0.3, 0.4) is 0 Å². The monoisotopic (exact) mass is 397 g/mol. The zero-order valence-corrected chi connectivity index (χ0v) is 17.2. The van der Waals surface area contributed by atoms with E-state index in [1.807, 2.05) is 4.90 Å². The van der Waals surface area contributed by atoms with Gasteiger partial charge in [0.1, 0.15) is 0 Å². The third-order valence-corrected chi connectivity index (χ3v) is 6.27. The number of hydrogen-bond acceptors (Lipinski definition) is 3. The lowest BCUT2D eigenvalue weighted by Gasteiger charge is -2.36. The van der Waals surface area contributed by atoms with E-state index in [4.69, 9.17) is 11.6 Å². The minimum absolute atomic E-state index is 0.0889. The topological polar surface area (TPSA) is 26.8 Å². The van der Waals surface area contributed by atoms with Gasteiger partial charge in [0.2, 0.25) is 0 Å². The molecule has 148 valence electrons. The van der Waals surface area contributed by atoms with E-state index in [2.05, 4.69) is 41.0 Å². The predicted molar refractivity (Wildman–Crippen MR) is 117 cm³/mol. The highest BCUT2D eigenvalue weighted by molar-refractivity contribution is 6.30. The summed E-state index contributed by atoms with van der Waals surface area (Å²) in [5, 5.41) is 0.656. The number of hydrogen-bond donors (Lipinski definition) is 0. The Morgan fingerprint density at radius 3 is 1.82 bits per heavy atom. The van der Waals surface area contributed by atoms with Crippen molar-refractivity contribution in [1.29, 1.82) is 0 Å². The first-order chi connectivity index (χ1) is 13.6. The first kappa shape index (κ1) is 19.1. The molecule has 2 aliphatic rings. The fourth-order valence-electron chi connectivity index (χ4n) is 4.08. The SMILES string of the molecule is CC1CCN(c2ccc(N3CCN(C(=O)c4ccc(Cl)cc4)CC3)cc2)CC1. The minimum Gasteiger partial charge on any atom is -0.372 e. The highest BCUT2D eigenvalue weighted by atomic mass is 35.5. The minimum atomic E-state index is 0.0889. The van der Waals surface area contributed by atoms with E-state index in [0.717, 1.165) is 45.2 Å². The van der Waals surface area contributed by atoms with Gasteiger partial charge in [0, 0.05) is 61.2 Å². The molecule has 2 aromatic rings. The van der Waals surface area contributed by atoms with Crippen LogP contribution >= 0.6 is 11.6 Å². The molecular weight excluding hydrogens is 370 g/mol. The average Bonchev–Trinajstić information content (AvgIpc) is 2.75. The highest BCUT2D eigenvalue weighted by Crippen LogP contribution is 2.26. The summed E-state index contributed by atoms with van der Waals surface area (Å²) in [4.78, 5) is 19.5. The molecule has 0 radical (unpaired) electrons. The molecule has 0 N–H and O–H groups in total. The quantitative estimate of drug-likeness (QED) is 0.760. The molecule has 28 heavy (non-hydrogen) atoms. The van der Waals surface area contributed by atoms with Gasteiger partial charge in [-0.05, 0) is 67.3 Å². The second kappa shape index (κ2) is 8.44. The second-order valence-electron chi connectivity index (χ2n) is 7.97. The summed E-state index contributed by atoms with van der Waals surface area (Å²) in [5.74, 6) is 0.938. The van der Waals surface area contributed by atoms with Crippen LogP contribution in [0, 0.1) is 5.92 Å². The van der Waals surface area contributed by atoms with Crippen LogP contribution in [0.2, 0.25) is 5.02 Å². The third-order valence-electron chi connectivity index (χ3n) is 6.02. The summed E-state index contributed by atoms with van der Waals surface area (Å²) >= 11 is 5.92. The Hall–Kier alpha value is -2.20. The van der Waals surface area contributed by atoms with Gasteiger partial charge in [0.15, 0.2) is 0 Å². The molecule has 5 heteroatoms. The molecule has 0 bridgehead atoms. The zero-order chi connectivity index (χ0) is 19.5. The molecule has 0 atom stereocenters. The highest BCUT2D eigenvalue weighted by Gasteiger charge is 2.22. The summed E-state index contributed by atoms with van der Waals surface area (Å²) < 4.78 is 0. The molecule has 0 spiro atoms. The van der Waals surface area contributed by atoms with E-state index >= 15 is 0 Å². The summed E-state index contributed by atoms with van der Waals surface area (Å²) in [7, 11) is 0. The zero-order valence-electron chi connectivity index (χ0n) is 16.5. The molecule has 4 rings (SSSR count). The van der Waals surface area contributed by atoms with Gasteiger partial charge in [-0.3, -0.25) is 4.79 Å². The maximum Gasteiger partial charge on any atom is 0.253 e. The maximum absolute atomic E-state index is 12.7. The van der Waals surface area contributed by atoms with E-state index in [-0.39, 0.29) is 5.91 Å². The van der Waals surface area contributed by atoms with E-state index < -0.39 is 0 Å². The Balaban J connectivity index is 1.33. The Bertz CT molecular complexity index is 790. The van der Waals surface area contributed by atoms with Crippen molar-refractivity contribution in [3.05, 3.63) is 59.1 Å². The summed E-state index contributed by atoms with van der Waals surface area (Å²) in [5.41, 5.74) is 3.28. The number of nitrogens with zero attached hydrogens (tertiary/aromatic N) is 3. The molecule has 0 saturated carbocycles. The predicted octanol–water partition coefficient (Wildman–Crippen LogP) is 4.54. The lowest BCUT2D eigenvalue weighted by Crippen LogP contribution is -2.48. The van der Waals surface area contributed by atoms with Crippen molar-refractivity contribution in [1.82, 2.24) is 4.90 Å². The van der Waals surface area contributed by atoms with Crippen molar-refractivity contribution in [2.75, 3.05) is 49.1 Å². The van der Waals surface area contributed by atoms with E-state index in [0.29, 0.717) is 10.6 Å². The molecule has 2 fully saturated rings. The molecule has 2 aromatic carbocycles. The van der Waals surface area contributed by atoms with Crippen LogP contribution in [-0.2, 0) is 0 Å². The Morgan fingerprint density at radius 2 is 1.29 bits per heavy atom. The lowest BCUT2D eigenvalue weighted by atomic mass is 9.99. The van der Waals surface area contributed by atoms with Gasteiger partial charge in [0.25, 0.3) is 5.91 Å². The van der Waals surface area contributed by atoms with Crippen molar-refractivity contribution >= 4 is 28.9 Å². The molecule has 2 aliphatic heterocycles. The number of rotatable bonds is 3. The van der Waals surface area contributed by atoms with Crippen LogP contribution in [0.15, 0.2) is 48.5 Å². The molecule has 0 unspecified atom stereocenters. The number of halogens is 1. The fraction of sp³-hybridized carbons (Fsp3) is 0.435. The van der Waals surface area contributed by atoms with Crippen molar-refractivity contribution in [2.24, 2.45) is 5.92 Å². The number of piperidine rings is 1. The second-order valence-corrected chi connectivity index (χ2v) is 8.41. The fourth-order valence-corrected chi connectivity index (χ4v) is 4.21. The first-order valence-electron chi connectivity index (χ1n) is 10.2. The van der Waals surface area contributed by atoms with Gasteiger partial charge in [-0.15, -0.1) is 0 Å².